The Morgan fingerprint density at radius 1 is 1.07 bits per heavy atom. The second kappa shape index (κ2) is 13.8. The predicted molar refractivity (Wildman–Crippen MR) is 104 cm³/mol. The molecule has 1 aromatic carbocycles. The van der Waals surface area contributed by atoms with E-state index in [1.807, 2.05) is 37.3 Å². The van der Waals surface area contributed by atoms with Crippen molar-refractivity contribution in [3.05, 3.63) is 35.9 Å². The molecule has 0 fully saturated rings. The number of benzene rings is 1. The molecule has 0 aliphatic rings. The van der Waals surface area contributed by atoms with E-state index in [2.05, 4.69) is 10.6 Å². The quantitative estimate of drug-likeness (QED) is 0.136. The van der Waals surface area contributed by atoms with Gasteiger partial charge < -0.3 is 8.92 Å². The molecule has 0 saturated carbocycles. The molecule has 29 heavy (non-hydrogen) atoms. The van der Waals surface area contributed by atoms with Gasteiger partial charge in [0, 0.05) is 12.8 Å². The molecule has 164 valence electrons. The minimum atomic E-state index is -4.39. The van der Waals surface area contributed by atoms with Gasteiger partial charge in [-0.2, -0.15) is 22.0 Å². The molecule has 0 aliphatic heterocycles. The lowest BCUT2D eigenvalue weighted by Gasteiger charge is -2.14. The van der Waals surface area contributed by atoms with E-state index >= 15 is 0 Å². The number of rotatable bonds is 13. The number of nitrogens with one attached hydrogen (secondary N) is 1. The largest absolute Gasteiger partial charge is 0.389 e. The first-order valence-corrected chi connectivity index (χ1v) is 10.1. The van der Waals surface area contributed by atoms with Gasteiger partial charge in [0.1, 0.15) is 0 Å². The third-order valence-corrected chi connectivity index (χ3v) is 4.31. The van der Waals surface area contributed by atoms with Gasteiger partial charge in [-0.15, -0.1) is 0 Å². The lowest BCUT2D eigenvalue weighted by Crippen LogP contribution is -2.25. The van der Waals surface area contributed by atoms with Crippen molar-refractivity contribution >= 4 is 12.2 Å². The zero-order chi connectivity index (χ0) is 21.6. The molecule has 1 aromatic rings. The van der Waals surface area contributed by atoms with Gasteiger partial charge in [-0.05, 0) is 24.3 Å². The topological polar surface area (TPSA) is 30.5 Å². The highest BCUT2D eigenvalue weighted by Gasteiger charge is 2.29. The first-order valence-electron chi connectivity index (χ1n) is 9.35. The molecule has 1 atom stereocenters. The van der Waals surface area contributed by atoms with Gasteiger partial charge in [-0.1, -0.05) is 49.6 Å². The van der Waals surface area contributed by atoms with Crippen molar-refractivity contribution in [1.82, 2.24) is 4.72 Å². The Morgan fingerprint density at radius 3 is 2.45 bits per heavy atom. The van der Waals surface area contributed by atoms with Crippen LogP contribution in [0.15, 0.2) is 30.3 Å². The normalized spacial score (nSPS) is 13.0. The van der Waals surface area contributed by atoms with Crippen LogP contribution in [0.5, 0.6) is 0 Å². The van der Waals surface area contributed by atoms with Gasteiger partial charge in [-0.25, -0.2) is 4.72 Å². The zero-order valence-corrected chi connectivity index (χ0v) is 17.1. The number of alkyl halides is 5. The summed E-state index contributed by atoms with van der Waals surface area (Å²) in [6.45, 7) is 2.35. The fourth-order valence-electron chi connectivity index (χ4n) is 2.03. The summed E-state index contributed by atoms with van der Waals surface area (Å²) in [6, 6.07) is 8.03. The van der Waals surface area contributed by atoms with E-state index in [9.17, 15) is 22.0 Å². The smallest absolute Gasteiger partial charge is 0.377 e. The third-order valence-electron chi connectivity index (χ3n) is 3.65. The highest BCUT2D eigenvalue weighted by molar-refractivity contribution is 7.92. The van der Waals surface area contributed by atoms with E-state index < -0.39 is 37.4 Å². The van der Waals surface area contributed by atoms with Crippen LogP contribution in [0.3, 0.4) is 0 Å². The van der Waals surface area contributed by atoms with Crippen LogP contribution in [0.2, 0.25) is 0 Å². The Hall–Kier alpha value is -1.34. The highest BCUT2D eigenvalue weighted by Crippen LogP contribution is 2.23. The Kier molecular flexibility index (Phi) is 12.2. The van der Waals surface area contributed by atoms with Crippen LogP contribution in [0.4, 0.5) is 22.0 Å². The molecular formula is C20H26F5NO2S. The van der Waals surface area contributed by atoms with Crippen molar-refractivity contribution in [3.8, 4) is 11.8 Å². The van der Waals surface area contributed by atoms with E-state index in [1.54, 1.807) is 5.92 Å². The molecular weight excluding hydrogens is 413 g/mol. The summed E-state index contributed by atoms with van der Waals surface area (Å²) in [6.07, 6.45) is -4.91. The number of hydrogen-bond donors (Lipinski definition) is 1. The number of unbranched alkanes of at least 4 members (excludes halogenated alkanes) is 1. The lowest BCUT2D eigenvalue weighted by molar-refractivity contribution is -0.135. The van der Waals surface area contributed by atoms with Crippen LogP contribution in [0.1, 0.15) is 44.6 Å². The second-order valence-corrected chi connectivity index (χ2v) is 6.98. The maximum atomic E-state index is 13.9. The minimum absolute atomic E-state index is 0.200. The first kappa shape index (κ1) is 25.7. The van der Waals surface area contributed by atoms with E-state index in [-0.39, 0.29) is 13.2 Å². The molecule has 0 bridgehead atoms. The molecule has 9 heteroatoms. The van der Waals surface area contributed by atoms with Crippen LogP contribution in [-0.4, -0.2) is 31.4 Å². The predicted octanol–water partition coefficient (Wildman–Crippen LogP) is 5.91. The van der Waals surface area contributed by atoms with Gasteiger partial charge >= 0.3 is 12.1 Å². The van der Waals surface area contributed by atoms with Crippen LogP contribution >= 0.6 is 12.2 Å². The zero-order valence-electron chi connectivity index (χ0n) is 16.2. The molecule has 3 nitrogen and oxygen atoms in total. The molecule has 1 rings (SSSR count). The van der Waals surface area contributed by atoms with Crippen molar-refractivity contribution in [3.63, 3.8) is 0 Å². The molecule has 0 aromatic heterocycles. The van der Waals surface area contributed by atoms with Crippen LogP contribution < -0.4 is 4.72 Å². The van der Waals surface area contributed by atoms with E-state index in [4.69, 9.17) is 8.92 Å². The van der Waals surface area contributed by atoms with Gasteiger partial charge in [0.2, 0.25) is 0 Å². The second-order valence-electron chi connectivity index (χ2n) is 6.35. The number of hydrogen-bond acceptors (Lipinski definition) is 4. The monoisotopic (exact) mass is 439 g/mol. The van der Waals surface area contributed by atoms with Crippen LogP contribution in [-0.2, 0) is 15.5 Å². The lowest BCUT2D eigenvalue weighted by atomic mass is 10.1. The van der Waals surface area contributed by atoms with Gasteiger partial charge in [0.25, 0.3) is 0 Å². The van der Waals surface area contributed by atoms with Gasteiger partial charge in [0.05, 0.1) is 38.1 Å². The average molecular weight is 439 g/mol. The average Bonchev–Trinajstić information content (AvgIpc) is 2.67. The summed E-state index contributed by atoms with van der Waals surface area (Å²) in [7, 11) is 0. The standard InChI is InChI=1S/C20H26F5NO2S/c1-2-3-14-28-29-26-18(10-12-20(23,24)25)9-11-19(21,22)13-15-27-16-17-7-5-4-6-8-17/h4-8,18,26H,2-3,10,12-16H2,1H3. The number of halogens is 5. The fraction of sp³-hybridized carbons (Fsp3) is 0.600. The molecule has 0 spiro atoms. The summed E-state index contributed by atoms with van der Waals surface area (Å²) in [5.41, 5.74) is 0.860. The van der Waals surface area contributed by atoms with Crippen molar-refractivity contribution in [2.45, 2.75) is 63.8 Å². The summed E-state index contributed by atoms with van der Waals surface area (Å²) in [4.78, 5) is 0. The first-order chi connectivity index (χ1) is 13.7. The molecule has 1 N–H and O–H groups in total. The molecule has 1 unspecified atom stereocenters. The van der Waals surface area contributed by atoms with Crippen molar-refractivity contribution < 1.29 is 30.9 Å². The van der Waals surface area contributed by atoms with Crippen molar-refractivity contribution in [2.75, 3.05) is 13.2 Å². The molecule has 0 amide bonds. The Bertz CT molecular complexity index is 617. The Balaban J connectivity index is 2.48. The van der Waals surface area contributed by atoms with E-state index in [1.165, 1.54) is 0 Å². The van der Waals surface area contributed by atoms with Crippen molar-refractivity contribution in [1.29, 1.82) is 0 Å². The highest BCUT2D eigenvalue weighted by atomic mass is 32.2. The van der Waals surface area contributed by atoms with Gasteiger partial charge in [0.15, 0.2) is 0 Å². The van der Waals surface area contributed by atoms with Crippen LogP contribution in [0, 0.1) is 11.8 Å². The van der Waals surface area contributed by atoms with E-state index in [0.29, 0.717) is 6.61 Å². The van der Waals surface area contributed by atoms with Crippen LogP contribution in [0.25, 0.3) is 0 Å². The summed E-state index contributed by atoms with van der Waals surface area (Å²) in [5.74, 6) is 0.640. The van der Waals surface area contributed by atoms with Gasteiger partial charge in [-0.3, -0.25) is 0 Å². The molecule has 0 aliphatic carbocycles. The third kappa shape index (κ3) is 14.3. The SMILES string of the molecule is CCCCOSNC(C#CC(F)(F)CCOCc1ccccc1)CCC(F)(F)F. The molecule has 0 saturated heterocycles. The molecule has 0 heterocycles. The fourth-order valence-corrected chi connectivity index (χ4v) is 2.59. The summed E-state index contributed by atoms with van der Waals surface area (Å²) < 4.78 is 78.1. The van der Waals surface area contributed by atoms with Crippen molar-refractivity contribution in [2.24, 2.45) is 0 Å². The Morgan fingerprint density at radius 2 is 1.79 bits per heavy atom. The maximum Gasteiger partial charge on any atom is 0.389 e. The number of ether oxygens (including phenoxy) is 1. The maximum absolute atomic E-state index is 13.9. The van der Waals surface area contributed by atoms with E-state index in [0.717, 1.165) is 30.6 Å². The Labute approximate surface area is 173 Å². The molecule has 0 radical (unpaired) electrons. The summed E-state index contributed by atoms with van der Waals surface area (Å²) in [5, 5.41) is 0. The summed E-state index contributed by atoms with van der Waals surface area (Å²) >= 11 is 0.732. The minimum Gasteiger partial charge on any atom is -0.377 e.